The summed E-state index contributed by atoms with van der Waals surface area (Å²) in [6, 6.07) is 9.07. The van der Waals surface area contributed by atoms with Crippen molar-refractivity contribution in [1.82, 2.24) is 5.06 Å². The first-order chi connectivity index (χ1) is 7.63. The smallest absolute Gasteiger partial charge is 0.308 e. The molecule has 1 amide bonds. The van der Waals surface area contributed by atoms with E-state index in [1.54, 1.807) is 12.1 Å². The third-order valence-corrected chi connectivity index (χ3v) is 2.20. The van der Waals surface area contributed by atoms with Crippen LogP contribution in [0.4, 0.5) is 0 Å². The molecule has 0 aliphatic carbocycles. The van der Waals surface area contributed by atoms with Gasteiger partial charge in [0.25, 0.3) is 0 Å². The maximum atomic E-state index is 10.9. The van der Waals surface area contributed by atoms with Crippen LogP contribution in [0.25, 0.3) is 0 Å². The van der Waals surface area contributed by atoms with Crippen molar-refractivity contribution in [3.05, 3.63) is 35.9 Å². The summed E-state index contributed by atoms with van der Waals surface area (Å²) in [4.78, 5) is 21.1. The number of carbonyl (C=O) groups is 2. The van der Waals surface area contributed by atoms with Gasteiger partial charge in [0, 0.05) is 0 Å². The molecule has 0 aromatic heterocycles. The molecule has 1 atom stereocenters. The normalized spacial score (nSPS) is 11.8. The van der Waals surface area contributed by atoms with Crippen LogP contribution in [0.5, 0.6) is 0 Å². The van der Waals surface area contributed by atoms with Gasteiger partial charge < -0.3 is 5.11 Å². The van der Waals surface area contributed by atoms with E-state index in [9.17, 15) is 9.59 Å². The number of carboxylic acids is 1. The number of hydrogen-bond donors (Lipinski definition) is 2. The zero-order valence-electron chi connectivity index (χ0n) is 8.61. The average Bonchev–Trinajstić information content (AvgIpc) is 2.29. The zero-order chi connectivity index (χ0) is 12.0. The molecule has 86 valence electrons. The van der Waals surface area contributed by atoms with Gasteiger partial charge in [-0.15, -0.1) is 0 Å². The highest BCUT2D eigenvalue weighted by Gasteiger charge is 2.20. The van der Waals surface area contributed by atoms with Gasteiger partial charge in [0.15, 0.2) is 0 Å². The number of benzene rings is 1. The molecule has 1 rings (SSSR count). The maximum Gasteiger partial charge on any atom is 0.308 e. The van der Waals surface area contributed by atoms with E-state index in [1.807, 2.05) is 18.2 Å². The van der Waals surface area contributed by atoms with Crippen LogP contribution in [0.15, 0.2) is 30.3 Å². The van der Waals surface area contributed by atoms with Crippen LogP contribution in [0.2, 0.25) is 0 Å². The van der Waals surface area contributed by atoms with E-state index >= 15 is 0 Å². The van der Waals surface area contributed by atoms with Crippen LogP contribution in [0.3, 0.4) is 0 Å². The number of carboxylic acid groups (broad SMARTS) is 1. The number of hydrogen-bond acceptors (Lipinski definition) is 3. The molecule has 0 saturated carbocycles. The molecule has 0 aliphatic rings. The Bertz CT molecular complexity index is 352. The third kappa shape index (κ3) is 3.70. The fourth-order valence-corrected chi connectivity index (χ4v) is 1.40. The highest BCUT2D eigenvalue weighted by molar-refractivity contribution is 5.71. The van der Waals surface area contributed by atoms with Crippen molar-refractivity contribution in [2.75, 3.05) is 6.54 Å². The molecule has 0 fully saturated rings. The van der Waals surface area contributed by atoms with Gasteiger partial charge in [0.05, 0.1) is 12.5 Å². The highest BCUT2D eigenvalue weighted by Crippen LogP contribution is 2.09. The molecule has 1 aromatic carbocycles. The van der Waals surface area contributed by atoms with Gasteiger partial charge in [-0.25, -0.2) is 5.06 Å². The van der Waals surface area contributed by atoms with Gasteiger partial charge in [-0.1, -0.05) is 30.3 Å². The van der Waals surface area contributed by atoms with E-state index in [2.05, 4.69) is 0 Å². The van der Waals surface area contributed by atoms with Gasteiger partial charge in [-0.05, 0) is 12.0 Å². The van der Waals surface area contributed by atoms with Crippen molar-refractivity contribution in [3.8, 4) is 0 Å². The van der Waals surface area contributed by atoms with Crippen LogP contribution in [-0.2, 0) is 16.0 Å². The number of nitrogens with zero attached hydrogens (tertiary/aromatic N) is 1. The molecule has 0 aliphatic heterocycles. The zero-order valence-corrected chi connectivity index (χ0v) is 8.61. The summed E-state index contributed by atoms with van der Waals surface area (Å²) in [6.07, 6.45) is 0.474. The lowest BCUT2D eigenvalue weighted by atomic mass is 9.99. The Balaban J connectivity index is 2.65. The molecule has 16 heavy (non-hydrogen) atoms. The number of rotatable bonds is 6. The lowest BCUT2D eigenvalue weighted by molar-refractivity contribution is -0.158. The Morgan fingerprint density at radius 1 is 1.38 bits per heavy atom. The van der Waals surface area contributed by atoms with Crippen LogP contribution in [0.1, 0.15) is 5.56 Å². The Hall–Kier alpha value is -1.88. The summed E-state index contributed by atoms with van der Waals surface area (Å²) < 4.78 is 0. The minimum Gasteiger partial charge on any atom is -0.481 e. The van der Waals surface area contributed by atoms with Gasteiger partial charge in [-0.2, -0.15) is 0 Å². The van der Waals surface area contributed by atoms with E-state index in [0.717, 1.165) is 5.56 Å². The summed E-state index contributed by atoms with van der Waals surface area (Å²) in [5.74, 6) is -1.85. The topological polar surface area (TPSA) is 77.8 Å². The molecule has 0 heterocycles. The summed E-state index contributed by atoms with van der Waals surface area (Å²) in [6.45, 7) is -0.215. The number of carbonyl (C=O) groups excluding carboxylic acids is 1. The number of amides is 1. The van der Waals surface area contributed by atoms with Crippen molar-refractivity contribution in [2.24, 2.45) is 5.92 Å². The highest BCUT2D eigenvalue weighted by atomic mass is 16.5. The second-order valence-electron chi connectivity index (χ2n) is 3.45. The summed E-state index contributed by atoms with van der Waals surface area (Å²) in [5.41, 5.74) is 0.856. The first-order valence-electron chi connectivity index (χ1n) is 4.81. The lowest BCUT2D eigenvalue weighted by Gasteiger charge is -2.15. The van der Waals surface area contributed by atoms with E-state index < -0.39 is 11.9 Å². The second kappa shape index (κ2) is 5.87. The SMILES string of the molecule is O=CN(O)CC(Cc1ccccc1)C(=O)O. The Labute approximate surface area is 92.9 Å². The van der Waals surface area contributed by atoms with Crippen LogP contribution in [-0.4, -0.2) is 34.3 Å². The van der Waals surface area contributed by atoms with E-state index in [4.69, 9.17) is 10.3 Å². The van der Waals surface area contributed by atoms with Crippen LogP contribution >= 0.6 is 0 Å². The second-order valence-corrected chi connectivity index (χ2v) is 3.45. The molecular weight excluding hydrogens is 210 g/mol. The maximum absolute atomic E-state index is 10.9. The minimum atomic E-state index is -1.04. The largest absolute Gasteiger partial charge is 0.481 e. The fraction of sp³-hybridized carbons (Fsp3) is 0.273. The Kier molecular flexibility index (Phi) is 4.47. The van der Waals surface area contributed by atoms with Crippen molar-refractivity contribution in [2.45, 2.75) is 6.42 Å². The fourth-order valence-electron chi connectivity index (χ4n) is 1.40. The molecule has 0 radical (unpaired) electrons. The molecule has 5 nitrogen and oxygen atoms in total. The Morgan fingerprint density at radius 2 is 2.00 bits per heavy atom. The van der Waals surface area contributed by atoms with Crippen molar-refractivity contribution < 1.29 is 19.9 Å². The van der Waals surface area contributed by atoms with Gasteiger partial charge in [0.1, 0.15) is 0 Å². The lowest BCUT2D eigenvalue weighted by Crippen LogP contribution is -2.31. The van der Waals surface area contributed by atoms with Crippen molar-refractivity contribution in [3.63, 3.8) is 0 Å². The van der Waals surface area contributed by atoms with Crippen LogP contribution in [0, 0.1) is 5.92 Å². The predicted molar refractivity (Wildman–Crippen MR) is 55.8 cm³/mol. The Morgan fingerprint density at radius 3 is 2.50 bits per heavy atom. The summed E-state index contributed by atoms with van der Waals surface area (Å²) >= 11 is 0. The van der Waals surface area contributed by atoms with Crippen molar-refractivity contribution >= 4 is 12.4 Å². The number of hydroxylamine groups is 2. The molecule has 1 aromatic rings. The van der Waals surface area contributed by atoms with Gasteiger partial charge in [-0.3, -0.25) is 14.8 Å². The first kappa shape index (κ1) is 12.2. The molecule has 5 heteroatoms. The van der Waals surface area contributed by atoms with Crippen LogP contribution < -0.4 is 0 Å². The first-order valence-corrected chi connectivity index (χ1v) is 4.81. The quantitative estimate of drug-likeness (QED) is 0.424. The average molecular weight is 223 g/mol. The summed E-state index contributed by atoms with van der Waals surface area (Å²) in [5, 5.41) is 18.2. The molecule has 0 saturated heterocycles. The monoisotopic (exact) mass is 223 g/mol. The molecule has 0 bridgehead atoms. The van der Waals surface area contributed by atoms with Gasteiger partial charge >= 0.3 is 5.97 Å². The number of aliphatic carboxylic acids is 1. The van der Waals surface area contributed by atoms with E-state index in [-0.39, 0.29) is 19.4 Å². The molecule has 1 unspecified atom stereocenters. The van der Waals surface area contributed by atoms with E-state index in [1.165, 1.54) is 0 Å². The predicted octanol–water partition coefficient (Wildman–Crippen LogP) is 0.778. The molecule has 2 N–H and O–H groups in total. The minimum absolute atomic E-state index is 0.195. The molecular formula is C11H13NO4. The van der Waals surface area contributed by atoms with Gasteiger partial charge in [0.2, 0.25) is 6.41 Å². The third-order valence-electron chi connectivity index (χ3n) is 2.20. The van der Waals surface area contributed by atoms with E-state index in [0.29, 0.717) is 5.06 Å². The molecule has 0 spiro atoms. The summed E-state index contributed by atoms with van der Waals surface area (Å²) in [7, 11) is 0. The van der Waals surface area contributed by atoms with Crippen molar-refractivity contribution in [1.29, 1.82) is 0 Å². The standard InChI is InChI=1S/C11H13NO4/c13-8-12(16)7-10(11(14)15)6-9-4-2-1-3-5-9/h1-5,8,10,16H,6-7H2,(H,14,15).